The zero-order valence-electron chi connectivity index (χ0n) is 41.1. The molecule has 13 aromatic rings. The fourth-order valence-electron chi connectivity index (χ4n) is 12.0. The summed E-state index contributed by atoms with van der Waals surface area (Å²) in [5.41, 5.74) is 2.12. The van der Waals surface area contributed by atoms with Crippen LogP contribution in [0.25, 0.3) is 121 Å². The van der Waals surface area contributed by atoms with Crippen LogP contribution in [0.2, 0.25) is 0 Å². The molecule has 366 valence electrons. The number of hydrogen-bond acceptors (Lipinski definition) is 2. The lowest BCUT2D eigenvalue weighted by molar-refractivity contribution is -0.137. The lowest BCUT2D eigenvalue weighted by Gasteiger charge is -2.38. The largest absolute Gasteiger partial charge is 0.454 e. The van der Waals surface area contributed by atoms with Gasteiger partial charge in [-0.25, -0.2) is 0 Å². The molecule has 0 aliphatic carbocycles. The van der Waals surface area contributed by atoms with Gasteiger partial charge in [0.2, 0.25) is 0 Å². The molecule has 4 nitrogen and oxygen atoms in total. The van der Waals surface area contributed by atoms with Gasteiger partial charge in [-0.2, -0.15) is 26.3 Å². The van der Waals surface area contributed by atoms with E-state index in [1.165, 1.54) is 24.3 Å². The van der Waals surface area contributed by atoms with Gasteiger partial charge in [0, 0.05) is 54.2 Å². The van der Waals surface area contributed by atoms with E-state index >= 15 is 26.3 Å². The quantitative estimate of drug-likeness (QED) is 0.165. The number of halogens is 6. The number of rotatable bonds is 4. The van der Waals surface area contributed by atoms with Crippen molar-refractivity contribution in [3.05, 3.63) is 192 Å². The summed E-state index contributed by atoms with van der Waals surface area (Å²) in [4.78, 5) is 0. The molecule has 13 rings (SSSR count). The van der Waals surface area contributed by atoms with Gasteiger partial charge in [-0.1, -0.05) is 163 Å². The Bertz CT molecular complexity index is 4390. The van der Waals surface area contributed by atoms with Crippen LogP contribution in [-0.4, -0.2) is 9.13 Å². The summed E-state index contributed by atoms with van der Waals surface area (Å²) in [6.45, 7) is 11.8. The molecule has 0 amide bonds. The van der Waals surface area contributed by atoms with Crippen molar-refractivity contribution >= 4 is 87.5 Å². The van der Waals surface area contributed by atoms with Crippen LogP contribution < -0.4 is 0 Å². The molecule has 0 unspecified atom stereocenters. The molecule has 0 aliphatic heterocycles. The lowest BCUT2D eigenvalue weighted by atomic mass is 9.70. The number of hydrogen-bond donors (Lipinski definition) is 0. The zero-order chi connectivity index (χ0) is 51.4. The van der Waals surface area contributed by atoms with E-state index < -0.39 is 34.3 Å². The third-order valence-corrected chi connectivity index (χ3v) is 14.8. The van der Waals surface area contributed by atoms with Gasteiger partial charge in [0.15, 0.2) is 11.2 Å². The molecule has 10 heteroatoms. The Kier molecular flexibility index (Phi) is 9.64. The van der Waals surface area contributed by atoms with Gasteiger partial charge in [0.05, 0.1) is 44.6 Å². The maximum absolute atomic E-state index is 16.3. The molecule has 4 aromatic heterocycles. The fourth-order valence-corrected chi connectivity index (χ4v) is 12.0. The van der Waals surface area contributed by atoms with Crippen LogP contribution >= 0.6 is 0 Å². The molecule has 0 bridgehead atoms. The minimum atomic E-state index is -4.91. The number of para-hydroxylation sites is 4. The monoisotopic (exact) mass is 988 g/mol. The van der Waals surface area contributed by atoms with Gasteiger partial charge < -0.3 is 18.0 Å². The average molecular weight is 989 g/mol. The highest BCUT2D eigenvalue weighted by atomic mass is 19.4. The molecule has 9 aromatic carbocycles. The van der Waals surface area contributed by atoms with E-state index in [1.807, 2.05) is 167 Å². The Morgan fingerprint density at radius 3 is 1.08 bits per heavy atom. The van der Waals surface area contributed by atoms with E-state index in [9.17, 15) is 0 Å². The molecule has 0 atom stereocenters. The van der Waals surface area contributed by atoms with Crippen molar-refractivity contribution < 1.29 is 35.2 Å². The van der Waals surface area contributed by atoms with Gasteiger partial charge in [-0.3, -0.25) is 0 Å². The maximum Gasteiger partial charge on any atom is 0.417 e. The Hall–Kier alpha value is -8.24. The van der Waals surface area contributed by atoms with Crippen LogP contribution in [0.5, 0.6) is 0 Å². The molecule has 74 heavy (non-hydrogen) atoms. The van der Waals surface area contributed by atoms with Crippen LogP contribution in [0.15, 0.2) is 179 Å². The third kappa shape index (κ3) is 6.55. The summed E-state index contributed by atoms with van der Waals surface area (Å²) in [5.74, 6) is 0. The van der Waals surface area contributed by atoms with Crippen LogP contribution in [0, 0.1) is 0 Å². The second kappa shape index (κ2) is 15.6. The van der Waals surface area contributed by atoms with Crippen molar-refractivity contribution in [2.24, 2.45) is 0 Å². The van der Waals surface area contributed by atoms with E-state index in [-0.39, 0.29) is 27.9 Å². The molecule has 0 aliphatic rings. The first kappa shape index (κ1) is 45.6. The van der Waals surface area contributed by atoms with Crippen molar-refractivity contribution in [3.63, 3.8) is 0 Å². The highest BCUT2D eigenvalue weighted by Crippen LogP contribution is 2.58. The second-order valence-electron chi connectivity index (χ2n) is 21.4. The molecular weight excluding hydrogens is 943 g/mol. The van der Waals surface area contributed by atoms with Crippen molar-refractivity contribution in [1.82, 2.24) is 9.13 Å². The highest BCUT2D eigenvalue weighted by molar-refractivity contribution is 6.24. The van der Waals surface area contributed by atoms with Gasteiger partial charge >= 0.3 is 12.4 Å². The Labute approximate surface area is 420 Å². The Morgan fingerprint density at radius 2 is 0.676 bits per heavy atom. The average Bonchev–Trinajstić information content (AvgIpc) is 4.12. The Balaban J connectivity index is 1.41. The molecule has 0 fully saturated rings. The van der Waals surface area contributed by atoms with E-state index in [0.29, 0.717) is 66.6 Å². The van der Waals surface area contributed by atoms with E-state index in [0.717, 1.165) is 49.8 Å². The summed E-state index contributed by atoms with van der Waals surface area (Å²) in [6, 6.07) is 49.6. The molecule has 0 radical (unpaired) electrons. The molecule has 0 saturated heterocycles. The topological polar surface area (TPSA) is 36.1 Å². The minimum Gasteiger partial charge on any atom is -0.454 e. The second-order valence-corrected chi connectivity index (χ2v) is 21.4. The molecule has 0 N–H and O–H groups in total. The van der Waals surface area contributed by atoms with Crippen molar-refractivity contribution in [2.75, 3.05) is 0 Å². The summed E-state index contributed by atoms with van der Waals surface area (Å²) in [7, 11) is 0. The molecule has 0 saturated carbocycles. The van der Waals surface area contributed by atoms with Crippen LogP contribution in [0.3, 0.4) is 0 Å². The summed E-state index contributed by atoms with van der Waals surface area (Å²) >= 11 is 0. The first-order chi connectivity index (χ1) is 35.3. The first-order valence-corrected chi connectivity index (χ1v) is 24.6. The predicted octanol–water partition coefficient (Wildman–Crippen LogP) is 19.6. The van der Waals surface area contributed by atoms with Gasteiger partial charge in [0.25, 0.3) is 0 Å². The SMILES string of the molecule is CC(C)(C)c1c(-c2ccccc2C(F)(F)F)c(-n2c3ccccc3c3ccc4c5ccccc5oc4c32)c(-c2ccccc2C(F)(F)F)c(C(C)(C)C)c1-n1c2ccccc2c2ccc3c4ccccc4oc3c21. The van der Waals surface area contributed by atoms with E-state index in [4.69, 9.17) is 8.83 Å². The number of benzene rings is 9. The summed E-state index contributed by atoms with van der Waals surface area (Å²) in [6.07, 6.45) is -9.81. The number of nitrogens with zero attached hydrogens (tertiary/aromatic N) is 2. The number of fused-ring (bicyclic) bond motifs is 14. The van der Waals surface area contributed by atoms with Crippen LogP contribution in [0.1, 0.15) is 63.8 Å². The van der Waals surface area contributed by atoms with Gasteiger partial charge in [0.1, 0.15) is 11.2 Å². The first-order valence-electron chi connectivity index (χ1n) is 24.6. The molecule has 4 heterocycles. The van der Waals surface area contributed by atoms with Gasteiger partial charge in [-0.05, 0) is 81.6 Å². The van der Waals surface area contributed by atoms with Gasteiger partial charge in [-0.15, -0.1) is 0 Å². The van der Waals surface area contributed by atoms with E-state index in [2.05, 4.69) is 4.57 Å². The van der Waals surface area contributed by atoms with Crippen molar-refractivity contribution in [2.45, 2.75) is 64.7 Å². The number of aromatic nitrogens is 2. The van der Waals surface area contributed by atoms with E-state index in [1.54, 1.807) is 12.1 Å². The summed E-state index contributed by atoms with van der Waals surface area (Å²) in [5, 5.41) is 6.33. The van der Waals surface area contributed by atoms with Crippen LogP contribution in [-0.2, 0) is 23.2 Å². The molecular formula is C64H46F6N2O2. The lowest BCUT2D eigenvalue weighted by Crippen LogP contribution is -2.27. The minimum absolute atomic E-state index is 0.124. The fraction of sp³-hybridized carbons (Fsp3) is 0.156. The molecule has 0 spiro atoms. The smallest absolute Gasteiger partial charge is 0.417 e. The highest BCUT2D eigenvalue weighted by Gasteiger charge is 2.44. The van der Waals surface area contributed by atoms with Crippen molar-refractivity contribution in [3.8, 4) is 33.6 Å². The number of furan rings is 2. The van der Waals surface area contributed by atoms with Crippen LogP contribution in [0.4, 0.5) is 26.3 Å². The maximum atomic E-state index is 16.3. The predicted molar refractivity (Wildman–Crippen MR) is 288 cm³/mol. The normalized spacial score (nSPS) is 13.1. The third-order valence-electron chi connectivity index (χ3n) is 14.8. The standard InChI is InChI=1S/C64H46F6N2O2/c1-61(2,3)53-51(43-23-7-13-25-45(43)63(65,66)67)57(71-47-27-15-9-19-35(47)39-31-33-41-37-21-11-17-29-49(37)73-59(41)55(39)71)52(44-24-8-14-26-46(44)64(68,69)70)54(62(4,5)6)58(53)72-48-28-16-10-20-36(48)40-32-34-42-38-22-12-18-30-50(38)74-60(42)56(40)72/h7-34H,1-6H3. The Morgan fingerprint density at radius 1 is 0.338 bits per heavy atom. The number of alkyl halides is 6. The zero-order valence-corrected chi connectivity index (χ0v) is 41.1. The van der Waals surface area contributed by atoms with Crippen molar-refractivity contribution in [1.29, 1.82) is 0 Å². The summed E-state index contributed by atoms with van der Waals surface area (Å²) < 4.78 is 115.